The van der Waals surface area contributed by atoms with Crippen molar-refractivity contribution in [2.45, 2.75) is 44.2 Å². The molecule has 20 heavy (non-hydrogen) atoms. The fourth-order valence-electron chi connectivity index (χ4n) is 2.17. The topological polar surface area (TPSA) is 64.7 Å². The first kappa shape index (κ1) is 16.2. The van der Waals surface area contributed by atoms with Gasteiger partial charge in [-0.3, -0.25) is 0 Å². The number of hydrogen-bond donors (Lipinski definition) is 2. The molecule has 6 nitrogen and oxygen atoms in total. The number of nitrogens with one attached hydrogen (secondary N) is 2. The SMILES string of the molecule is CN(CCNS(=O)(=O)N(C)CCCNC1CC1)C1CC1. The smallest absolute Gasteiger partial charge is 0.279 e. The molecule has 7 heteroatoms. The molecule has 0 aromatic carbocycles. The van der Waals surface area contributed by atoms with E-state index in [-0.39, 0.29) is 0 Å². The van der Waals surface area contributed by atoms with E-state index >= 15 is 0 Å². The van der Waals surface area contributed by atoms with Crippen molar-refractivity contribution in [2.24, 2.45) is 0 Å². The van der Waals surface area contributed by atoms with Crippen LogP contribution < -0.4 is 10.0 Å². The molecule has 2 N–H and O–H groups in total. The van der Waals surface area contributed by atoms with Gasteiger partial charge in [0.1, 0.15) is 0 Å². The van der Waals surface area contributed by atoms with Crippen molar-refractivity contribution < 1.29 is 8.42 Å². The van der Waals surface area contributed by atoms with E-state index in [1.165, 1.54) is 30.0 Å². The zero-order valence-electron chi connectivity index (χ0n) is 12.6. The van der Waals surface area contributed by atoms with Crippen LogP contribution in [0.4, 0.5) is 0 Å². The van der Waals surface area contributed by atoms with Crippen LogP contribution >= 0.6 is 0 Å². The van der Waals surface area contributed by atoms with Crippen molar-refractivity contribution in [3.8, 4) is 0 Å². The Morgan fingerprint density at radius 1 is 1.05 bits per heavy atom. The fourth-order valence-corrected chi connectivity index (χ4v) is 3.11. The molecule has 0 unspecified atom stereocenters. The summed E-state index contributed by atoms with van der Waals surface area (Å²) >= 11 is 0. The maximum Gasteiger partial charge on any atom is 0.279 e. The standard InChI is InChI=1S/C13H28N4O2S/c1-16(13-6-7-13)11-9-15-20(18,19)17(2)10-3-8-14-12-4-5-12/h12-15H,3-11H2,1-2H3. The third kappa shape index (κ3) is 5.65. The second-order valence-corrected chi connectivity index (χ2v) is 7.88. The van der Waals surface area contributed by atoms with Gasteiger partial charge in [0.05, 0.1) is 0 Å². The lowest BCUT2D eigenvalue weighted by molar-refractivity contribution is 0.327. The Morgan fingerprint density at radius 2 is 1.75 bits per heavy atom. The van der Waals surface area contributed by atoms with E-state index in [4.69, 9.17) is 0 Å². The lowest BCUT2D eigenvalue weighted by atomic mass is 10.4. The molecule has 0 aliphatic heterocycles. The van der Waals surface area contributed by atoms with Crippen molar-refractivity contribution in [2.75, 3.05) is 40.3 Å². The summed E-state index contributed by atoms with van der Waals surface area (Å²) in [6.45, 7) is 2.73. The molecule has 2 rings (SSSR count). The molecule has 0 aromatic heterocycles. The van der Waals surface area contributed by atoms with Gasteiger partial charge in [-0.2, -0.15) is 12.7 Å². The molecule has 118 valence electrons. The van der Waals surface area contributed by atoms with Gasteiger partial charge in [0.2, 0.25) is 0 Å². The lowest BCUT2D eigenvalue weighted by Gasteiger charge is -2.20. The minimum absolute atomic E-state index is 0.486. The van der Waals surface area contributed by atoms with Gasteiger partial charge in [-0.05, 0) is 45.7 Å². The van der Waals surface area contributed by atoms with E-state index in [0.717, 1.165) is 19.5 Å². The van der Waals surface area contributed by atoms with E-state index < -0.39 is 10.2 Å². The molecule has 0 atom stereocenters. The van der Waals surface area contributed by atoms with Gasteiger partial charge in [0.15, 0.2) is 0 Å². The molecule has 0 radical (unpaired) electrons. The van der Waals surface area contributed by atoms with Crippen LogP contribution in [0, 0.1) is 0 Å². The summed E-state index contributed by atoms with van der Waals surface area (Å²) in [7, 11) is 0.380. The molecule has 0 aromatic rings. The van der Waals surface area contributed by atoms with Crippen LogP contribution in [0.15, 0.2) is 0 Å². The summed E-state index contributed by atoms with van der Waals surface area (Å²) in [5, 5.41) is 3.39. The molecule has 2 fully saturated rings. The Labute approximate surface area is 123 Å². The minimum atomic E-state index is -3.32. The second-order valence-electron chi connectivity index (χ2n) is 6.01. The van der Waals surface area contributed by atoms with E-state index in [1.807, 2.05) is 0 Å². The van der Waals surface area contributed by atoms with Crippen LogP contribution in [0.1, 0.15) is 32.1 Å². The highest BCUT2D eigenvalue weighted by molar-refractivity contribution is 7.87. The lowest BCUT2D eigenvalue weighted by Crippen LogP contribution is -2.42. The second kappa shape index (κ2) is 7.17. The van der Waals surface area contributed by atoms with Gasteiger partial charge in [0, 0.05) is 38.8 Å². The molecule has 0 heterocycles. The summed E-state index contributed by atoms with van der Waals surface area (Å²) in [6.07, 6.45) is 5.89. The quantitative estimate of drug-likeness (QED) is 0.527. The van der Waals surface area contributed by atoms with Gasteiger partial charge in [0.25, 0.3) is 10.2 Å². The monoisotopic (exact) mass is 304 g/mol. The molecule has 0 saturated heterocycles. The van der Waals surface area contributed by atoms with E-state index in [0.29, 0.717) is 25.2 Å². The zero-order chi connectivity index (χ0) is 14.6. The summed E-state index contributed by atoms with van der Waals surface area (Å²) in [5.41, 5.74) is 0. The Hall–Kier alpha value is -0.210. The number of likely N-dealkylation sites (N-methyl/N-ethyl adjacent to an activating group) is 1. The highest BCUT2D eigenvalue weighted by Crippen LogP contribution is 2.24. The first-order valence-corrected chi connectivity index (χ1v) is 9.07. The fraction of sp³-hybridized carbons (Fsp3) is 1.00. The normalized spacial score (nSPS) is 20.0. The van der Waals surface area contributed by atoms with Crippen molar-refractivity contribution in [3.63, 3.8) is 0 Å². The largest absolute Gasteiger partial charge is 0.314 e. The zero-order valence-corrected chi connectivity index (χ0v) is 13.5. The average molecular weight is 304 g/mol. The van der Waals surface area contributed by atoms with Crippen molar-refractivity contribution in [3.05, 3.63) is 0 Å². The Kier molecular flexibility index (Phi) is 5.80. The molecule has 0 spiro atoms. The molecule has 0 amide bonds. The highest BCUT2D eigenvalue weighted by Gasteiger charge is 2.26. The minimum Gasteiger partial charge on any atom is -0.314 e. The van der Waals surface area contributed by atoms with Gasteiger partial charge < -0.3 is 10.2 Å². The average Bonchev–Trinajstić information content (AvgIpc) is 3.27. The summed E-state index contributed by atoms with van der Waals surface area (Å²) in [6, 6.07) is 1.36. The van der Waals surface area contributed by atoms with Crippen LogP contribution in [0.5, 0.6) is 0 Å². The van der Waals surface area contributed by atoms with Crippen LogP contribution in [-0.2, 0) is 10.2 Å². The van der Waals surface area contributed by atoms with Crippen LogP contribution in [0.2, 0.25) is 0 Å². The first-order valence-electron chi connectivity index (χ1n) is 7.63. The van der Waals surface area contributed by atoms with Crippen molar-refractivity contribution >= 4 is 10.2 Å². The molecule has 2 aliphatic rings. The predicted molar refractivity (Wildman–Crippen MR) is 80.8 cm³/mol. The van der Waals surface area contributed by atoms with Crippen LogP contribution in [0.25, 0.3) is 0 Å². The van der Waals surface area contributed by atoms with Gasteiger partial charge in [-0.15, -0.1) is 0 Å². The predicted octanol–water partition coefficient (Wildman–Crippen LogP) is -0.0111. The summed E-state index contributed by atoms with van der Waals surface area (Å²) in [5.74, 6) is 0. The number of hydrogen-bond acceptors (Lipinski definition) is 4. The van der Waals surface area contributed by atoms with Crippen molar-refractivity contribution in [1.29, 1.82) is 0 Å². The van der Waals surface area contributed by atoms with E-state index in [2.05, 4.69) is 22.0 Å². The number of nitrogens with zero attached hydrogens (tertiary/aromatic N) is 2. The maximum absolute atomic E-state index is 12.0. The van der Waals surface area contributed by atoms with Gasteiger partial charge >= 0.3 is 0 Å². The Bertz CT molecular complexity index is 393. The molecular formula is C13H28N4O2S. The molecule has 0 bridgehead atoms. The van der Waals surface area contributed by atoms with Crippen molar-refractivity contribution in [1.82, 2.24) is 19.2 Å². The maximum atomic E-state index is 12.0. The summed E-state index contributed by atoms with van der Waals surface area (Å²) in [4.78, 5) is 2.22. The molecular weight excluding hydrogens is 276 g/mol. The van der Waals surface area contributed by atoms with Gasteiger partial charge in [-0.25, -0.2) is 4.72 Å². The van der Waals surface area contributed by atoms with Crippen LogP contribution in [-0.4, -0.2) is 70.0 Å². The molecule has 2 saturated carbocycles. The third-order valence-corrected chi connectivity index (χ3v) is 5.56. The van der Waals surface area contributed by atoms with E-state index in [9.17, 15) is 8.42 Å². The number of rotatable bonds is 11. The summed E-state index contributed by atoms with van der Waals surface area (Å²) < 4.78 is 28.1. The first-order chi connectivity index (χ1) is 9.49. The van der Waals surface area contributed by atoms with Crippen LogP contribution in [0.3, 0.4) is 0 Å². The van der Waals surface area contributed by atoms with Gasteiger partial charge in [-0.1, -0.05) is 0 Å². The highest BCUT2D eigenvalue weighted by atomic mass is 32.2. The Morgan fingerprint density at radius 3 is 2.35 bits per heavy atom. The Balaban J connectivity index is 1.57. The molecule has 2 aliphatic carbocycles. The third-order valence-electron chi connectivity index (χ3n) is 3.99. The van der Waals surface area contributed by atoms with E-state index in [1.54, 1.807) is 7.05 Å².